The van der Waals surface area contributed by atoms with Crippen LogP contribution in [0, 0.1) is 17.8 Å². The molecule has 1 aromatic carbocycles. The van der Waals surface area contributed by atoms with Crippen molar-refractivity contribution in [1.29, 1.82) is 0 Å². The summed E-state index contributed by atoms with van der Waals surface area (Å²) in [6.45, 7) is 3.78. The molecule has 0 radical (unpaired) electrons. The fourth-order valence-electron chi connectivity index (χ4n) is 3.38. The third kappa shape index (κ3) is 7.99. The van der Waals surface area contributed by atoms with Crippen molar-refractivity contribution in [2.24, 2.45) is 17.8 Å². The first-order chi connectivity index (χ1) is 15.6. The van der Waals surface area contributed by atoms with E-state index in [4.69, 9.17) is 0 Å². The number of hydrazine groups is 1. The van der Waals surface area contributed by atoms with Gasteiger partial charge in [0.05, 0.1) is 18.1 Å². The van der Waals surface area contributed by atoms with E-state index in [-0.39, 0.29) is 18.2 Å². The highest BCUT2D eigenvalue weighted by Gasteiger charge is 2.35. The molecule has 0 aliphatic carbocycles. The highest BCUT2D eigenvalue weighted by atomic mass is 32.2. The fraction of sp³-hybridized carbons (Fsp3) is 0.348. The number of hydroxylamine groups is 1. The molecule has 3 N–H and O–H groups in total. The molecule has 0 saturated heterocycles. The number of anilines is 1. The number of allylic oxidation sites excluding steroid dienone is 1. The topological polar surface area (TPSA) is 129 Å². The van der Waals surface area contributed by atoms with Crippen molar-refractivity contribution >= 4 is 33.7 Å². The lowest BCUT2D eigenvalue weighted by atomic mass is 9.82. The predicted molar refractivity (Wildman–Crippen MR) is 126 cm³/mol. The van der Waals surface area contributed by atoms with E-state index in [0.29, 0.717) is 10.8 Å². The quantitative estimate of drug-likeness (QED) is 0.339. The van der Waals surface area contributed by atoms with Crippen LogP contribution in [0.25, 0.3) is 6.08 Å². The van der Waals surface area contributed by atoms with Crippen molar-refractivity contribution in [3.8, 4) is 0 Å². The minimum atomic E-state index is -3.90. The summed E-state index contributed by atoms with van der Waals surface area (Å²) in [5, 5.41) is 9.30. The molecule has 1 heterocycles. The van der Waals surface area contributed by atoms with Gasteiger partial charge in [-0.1, -0.05) is 62.4 Å². The largest absolute Gasteiger partial charge is 0.289 e. The maximum Gasteiger partial charge on any atom is 0.251 e. The molecule has 2 aromatic rings. The summed E-state index contributed by atoms with van der Waals surface area (Å²) in [4.78, 5) is 29.8. The smallest absolute Gasteiger partial charge is 0.251 e. The minimum absolute atomic E-state index is 0.0174. The van der Waals surface area contributed by atoms with E-state index in [1.54, 1.807) is 23.7 Å². The molecule has 0 unspecified atom stereocenters. The number of pyridine rings is 1. The van der Waals surface area contributed by atoms with Gasteiger partial charge in [0.2, 0.25) is 11.8 Å². The van der Waals surface area contributed by atoms with E-state index in [1.807, 2.05) is 50.3 Å². The van der Waals surface area contributed by atoms with E-state index in [0.717, 1.165) is 11.8 Å². The number of aromatic nitrogens is 1. The Hall–Kier alpha value is -3.24. The first kappa shape index (κ1) is 26.0. The molecule has 0 bridgehead atoms. The van der Waals surface area contributed by atoms with E-state index >= 15 is 0 Å². The van der Waals surface area contributed by atoms with Crippen LogP contribution >= 0.6 is 0 Å². The average Bonchev–Trinajstić information content (AvgIpc) is 2.78. The summed E-state index contributed by atoms with van der Waals surface area (Å²) in [6, 6.07) is 14.1. The standard InChI is InChI=1S/C23H30N4O5S/c1-17(2)16-20(19(23(29)26-30)13-9-12-18-10-5-4-6-11-18)22(28)25-27(33(3,31)32)21-14-7-8-15-24-21/h4-12,14-15,17,19-20,30H,13,16H2,1-3H3,(H,25,28)(H,26,29)/b12-9+/t19-,20+/m0/s1. The zero-order valence-corrected chi connectivity index (χ0v) is 19.7. The monoisotopic (exact) mass is 474 g/mol. The summed E-state index contributed by atoms with van der Waals surface area (Å²) in [6.07, 6.45) is 6.38. The molecule has 0 saturated carbocycles. The first-order valence-corrected chi connectivity index (χ1v) is 12.4. The minimum Gasteiger partial charge on any atom is -0.289 e. The maximum absolute atomic E-state index is 13.3. The summed E-state index contributed by atoms with van der Waals surface area (Å²) in [5.41, 5.74) is 4.97. The van der Waals surface area contributed by atoms with Crippen LogP contribution in [0.5, 0.6) is 0 Å². The average molecular weight is 475 g/mol. The van der Waals surface area contributed by atoms with Gasteiger partial charge in [-0.3, -0.25) is 20.2 Å². The van der Waals surface area contributed by atoms with Crippen LogP contribution in [0.4, 0.5) is 5.82 Å². The summed E-state index contributed by atoms with van der Waals surface area (Å²) in [7, 11) is -3.90. The Balaban J connectivity index is 2.33. The molecule has 2 amide bonds. The number of carbonyl (C=O) groups is 2. The van der Waals surface area contributed by atoms with E-state index in [1.165, 1.54) is 12.3 Å². The van der Waals surface area contributed by atoms with Crippen molar-refractivity contribution < 1.29 is 23.2 Å². The summed E-state index contributed by atoms with van der Waals surface area (Å²) >= 11 is 0. The Labute approximate surface area is 194 Å². The van der Waals surface area contributed by atoms with Crippen LogP contribution in [0.15, 0.2) is 60.8 Å². The van der Waals surface area contributed by atoms with Crippen molar-refractivity contribution in [1.82, 2.24) is 15.9 Å². The van der Waals surface area contributed by atoms with E-state index in [2.05, 4.69) is 10.4 Å². The number of nitrogens with zero attached hydrogens (tertiary/aromatic N) is 2. The normalized spacial score (nSPS) is 13.5. The number of hydrogen-bond acceptors (Lipinski definition) is 6. The third-order valence-corrected chi connectivity index (χ3v) is 5.84. The fourth-order valence-corrected chi connectivity index (χ4v) is 4.08. The number of hydrogen-bond donors (Lipinski definition) is 3. The number of carbonyl (C=O) groups excluding carboxylic acids is 2. The Morgan fingerprint density at radius 1 is 1.06 bits per heavy atom. The van der Waals surface area contributed by atoms with E-state index in [9.17, 15) is 23.2 Å². The molecule has 0 aliphatic heterocycles. The van der Waals surface area contributed by atoms with Gasteiger partial charge in [0.1, 0.15) is 0 Å². The predicted octanol–water partition coefficient (Wildman–Crippen LogP) is 2.77. The Kier molecular flexibility index (Phi) is 9.56. The zero-order chi connectivity index (χ0) is 24.4. The van der Waals surface area contributed by atoms with E-state index < -0.39 is 33.7 Å². The second kappa shape index (κ2) is 12.1. The van der Waals surface area contributed by atoms with Gasteiger partial charge in [-0.25, -0.2) is 18.9 Å². The van der Waals surface area contributed by atoms with Gasteiger partial charge in [0.25, 0.3) is 10.0 Å². The van der Waals surface area contributed by atoms with Crippen LogP contribution < -0.4 is 15.3 Å². The molecule has 33 heavy (non-hydrogen) atoms. The Bertz CT molecular complexity index is 1040. The number of benzene rings is 1. The molecule has 0 fully saturated rings. The van der Waals surface area contributed by atoms with Crippen molar-refractivity contribution in [2.75, 3.05) is 10.7 Å². The lowest BCUT2D eigenvalue weighted by molar-refractivity contribution is -0.140. The Morgan fingerprint density at radius 3 is 2.27 bits per heavy atom. The van der Waals surface area contributed by atoms with Gasteiger partial charge in [-0.05, 0) is 36.5 Å². The highest BCUT2D eigenvalue weighted by Crippen LogP contribution is 2.26. The number of rotatable bonds is 11. The molecular weight excluding hydrogens is 444 g/mol. The molecule has 0 spiro atoms. The van der Waals surface area contributed by atoms with Crippen LogP contribution in [0.2, 0.25) is 0 Å². The molecule has 2 rings (SSSR count). The molecule has 0 aliphatic rings. The maximum atomic E-state index is 13.3. The van der Waals surface area contributed by atoms with Crippen LogP contribution in [-0.4, -0.2) is 36.7 Å². The highest BCUT2D eigenvalue weighted by molar-refractivity contribution is 7.92. The summed E-state index contributed by atoms with van der Waals surface area (Å²) < 4.78 is 25.4. The molecule has 9 nitrogen and oxygen atoms in total. The first-order valence-electron chi connectivity index (χ1n) is 10.5. The van der Waals surface area contributed by atoms with Gasteiger partial charge in [0, 0.05) is 6.20 Å². The van der Waals surface area contributed by atoms with Gasteiger partial charge < -0.3 is 0 Å². The number of amides is 2. The molecular formula is C23H30N4O5S. The van der Waals surface area contributed by atoms with Crippen LogP contribution in [0.3, 0.4) is 0 Å². The SMILES string of the molecule is CC(C)C[C@@H](C(=O)NN(c1ccccn1)S(C)(=O)=O)[C@H](C/C=C/c1ccccc1)C(=O)NO. The van der Waals surface area contributed by atoms with Crippen molar-refractivity contribution in [2.45, 2.75) is 26.7 Å². The lowest BCUT2D eigenvalue weighted by Gasteiger charge is -2.29. The van der Waals surface area contributed by atoms with Crippen molar-refractivity contribution in [3.05, 3.63) is 66.4 Å². The number of sulfonamides is 1. The van der Waals surface area contributed by atoms with Gasteiger partial charge in [-0.15, -0.1) is 0 Å². The molecule has 10 heteroatoms. The molecule has 1 aromatic heterocycles. The Morgan fingerprint density at radius 2 is 1.73 bits per heavy atom. The summed E-state index contributed by atoms with van der Waals surface area (Å²) in [5.74, 6) is -3.19. The number of nitrogens with one attached hydrogen (secondary N) is 2. The van der Waals surface area contributed by atoms with Crippen LogP contribution in [-0.2, 0) is 19.6 Å². The van der Waals surface area contributed by atoms with Gasteiger partial charge in [-0.2, -0.15) is 4.41 Å². The zero-order valence-electron chi connectivity index (χ0n) is 18.9. The second-order valence-corrected chi connectivity index (χ2v) is 9.89. The lowest BCUT2D eigenvalue weighted by Crippen LogP contribution is -2.51. The van der Waals surface area contributed by atoms with Gasteiger partial charge in [0.15, 0.2) is 5.82 Å². The molecule has 2 atom stereocenters. The third-order valence-electron chi connectivity index (χ3n) is 4.90. The van der Waals surface area contributed by atoms with Crippen molar-refractivity contribution in [3.63, 3.8) is 0 Å². The van der Waals surface area contributed by atoms with Crippen LogP contribution in [0.1, 0.15) is 32.3 Å². The second-order valence-electron chi connectivity index (χ2n) is 8.06. The van der Waals surface area contributed by atoms with Gasteiger partial charge >= 0.3 is 0 Å². The molecule has 178 valence electrons.